The average Bonchev–Trinajstić information content (AvgIpc) is 2.89. The van der Waals surface area contributed by atoms with E-state index in [1.165, 1.54) is 5.56 Å². The van der Waals surface area contributed by atoms with Gasteiger partial charge in [0.15, 0.2) is 0 Å². The summed E-state index contributed by atoms with van der Waals surface area (Å²) in [6.07, 6.45) is 1.50. The van der Waals surface area contributed by atoms with Gasteiger partial charge in [-0.3, -0.25) is 4.90 Å². The van der Waals surface area contributed by atoms with Crippen LogP contribution in [0.3, 0.4) is 0 Å². The number of aryl methyl sites for hydroxylation is 2. The molecule has 3 heterocycles. The number of alkyl carbamates (subject to hydrolysis) is 1. The monoisotopic (exact) mass is 342 g/mol. The fourth-order valence-corrected chi connectivity index (χ4v) is 3.91. The summed E-state index contributed by atoms with van der Waals surface area (Å²) in [4.78, 5) is 25.7. The molecule has 1 unspecified atom stereocenters. The fourth-order valence-electron chi connectivity index (χ4n) is 3.91. The number of rotatable bonds is 2. The van der Waals surface area contributed by atoms with Gasteiger partial charge in [0.05, 0.1) is 6.54 Å². The van der Waals surface area contributed by atoms with Crippen molar-refractivity contribution in [3.05, 3.63) is 45.3 Å². The van der Waals surface area contributed by atoms with E-state index in [0.29, 0.717) is 25.2 Å². The van der Waals surface area contributed by atoms with Crippen LogP contribution >= 0.6 is 0 Å². The molecule has 2 fully saturated rings. The summed E-state index contributed by atoms with van der Waals surface area (Å²) in [5.41, 5.74) is 3.11. The van der Waals surface area contributed by atoms with E-state index in [1.54, 1.807) is 6.07 Å². The first-order valence-electron chi connectivity index (χ1n) is 8.67. The van der Waals surface area contributed by atoms with Crippen LogP contribution in [0.5, 0.6) is 0 Å². The quantitative estimate of drug-likeness (QED) is 0.849. The predicted octanol–water partition coefficient (Wildman–Crippen LogP) is 2.48. The Hall–Kier alpha value is -2.34. The number of likely N-dealkylation sites (tertiary alicyclic amines) is 1. The van der Waals surface area contributed by atoms with Crippen LogP contribution in [0.4, 0.5) is 4.79 Å². The summed E-state index contributed by atoms with van der Waals surface area (Å²) in [7, 11) is 0. The highest BCUT2D eigenvalue weighted by atomic mass is 16.6. The molecule has 0 saturated carbocycles. The number of carbonyl (C=O) groups excluding carboxylic acids is 1. The minimum atomic E-state index is -0.433. The molecule has 1 aromatic heterocycles. The van der Waals surface area contributed by atoms with Crippen LogP contribution in [0, 0.1) is 13.8 Å². The maximum absolute atomic E-state index is 12.0. The minimum absolute atomic E-state index is 0.327. The van der Waals surface area contributed by atoms with E-state index in [0.717, 1.165) is 35.9 Å². The Kier molecular flexibility index (Phi) is 3.80. The van der Waals surface area contributed by atoms with E-state index in [-0.39, 0.29) is 11.7 Å². The molecule has 132 valence electrons. The molecule has 6 nitrogen and oxygen atoms in total. The first kappa shape index (κ1) is 16.1. The molecule has 1 amide bonds. The van der Waals surface area contributed by atoms with Crippen LogP contribution in [0.1, 0.15) is 29.5 Å². The zero-order valence-corrected chi connectivity index (χ0v) is 14.6. The average molecular weight is 342 g/mol. The van der Waals surface area contributed by atoms with Gasteiger partial charge in [-0.15, -0.1) is 0 Å². The Morgan fingerprint density at radius 2 is 2.00 bits per heavy atom. The second kappa shape index (κ2) is 5.88. The lowest BCUT2D eigenvalue weighted by Gasteiger charge is -2.38. The molecule has 0 bridgehead atoms. The minimum Gasteiger partial charge on any atom is -0.440 e. The lowest BCUT2D eigenvalue weighted by atomic mass is 9.92. The second-order valence-electron chi connectivity index (χ2n) is 7.26. The van der Waals surface area contributed by atoms with Crippen LogP contribution in [0.2, 0.25) is 0 Å². The predicted molar refractivity (Wildman–Crippen MR) is 93.7 cm³/mol. The Morgan fingerprint density at radius 1 is 1.20 bits per heavy atom. The van der Waals surface area contributed by atoms with Gasteiger partial charge in [0.25, 0.3) is 0 Å². The third-order valence-electron chi connectivity index (χ3n) is 5.32. The van der Waals surface area contributed by atoms with Crippen LogP contribution < -0.4 is 10.9 Å². The largest absolute Gasteiger partial charge is 0.440 e. The molecular weight excluding hydrogens is 320 g/mol. The van der Waals surface area contributed by atoms with E-state index in [9.17, 15) is 9.59 Å². The molecule has 2 aliphatic rings. The van der Waals surface area contributed by atoms with Gasteiger partial charge < -0.3 is 14.5 Å². The molecule has 0 aliphatic carbocycles. The fraction of sp³-hybridized carbons (Fsp3) is 0.474. The third-order valence-corrected chi connectivity index (χ3v) is 5.32. The van der Waals surface area contributed by atoms with Gasteiger partial charge in [-0.25, -0.2) is 9.59 Å². The van der Waals surface area contributed by atoms with Gasteiger partial charge >= 0.3 is 11.7 Å². The molecule has 2 aliphatic heterocycles. The SMILES string of the molecule is Cc1cc2oc(=O)cc(CN3CCCC4(CNC(=O)O4)C3)c2cc1C. The standard InChI is InChI=1S/C19H22N2O4/c1-12-6-15-14(8-17(22)24-16(15)7-13(12)2)9-21-5-3-4-19(11-21)10-20-18(23)25-19/h6-8H,3-5,9-11H2,1-2H3,(H,20,23). The lowest BCUT2D eigenvalue weighted by molar-refractivity contribution is -0.0110. The van der Waals surface area contributed by atoms with Gasteiger partial charge in [-0.05, 0) is 62.1 Å². The van der Waals surface area contributed by atoms with Gasteiger partial charge in [-0.2, -0.15) is 0 Å². The second-order valence-corrected chi connectivity index (χ2v) is 7.26. The molecule has 25 heavy (non-hydrogen) atoms. The highest BCUT2D eigenvalue weighted by Gasteiger charge is 2.43. The van der Waals surface area contributed by atoms with E-state index in [2.05, 4.69) is 23.2 Å². The van der Waals surface area contributed by atoms with Crippen molar-refractivity contribution in [1.29, 1.82) is 0 Å². The maximum Gasteiger partial charge on any atom is 0.407 e. The van der Waals surface area contributed by atoms with Crippen molar-refractivity contribution in [2.75, 3.05) is 19.6 Å². The Bertz CT molecular complexity index is 904. The number of carbonyl (C=O) groups is 1. The Balaban J connectivity index is 1.65. The number of amides is 1. The highest BCUT2D eigenvalue weighted by Crippen LogP contribution is 2.30. The summed E-state index contributed by atoms with van der Waals surface area (Å²) >= 11 is 0. The summed E-state index contributed by atoms with van der Waals surface area (Å²) in [5, 5.41) is 3.74. The van der Waals surface area contributed by atoms with Crippen LogP contribution in [-0.4, -0.2) is 36.2 Å². The summed E-state index contributed by atoms with van der Waals surface area (Å²) in [6, 6.07) is 5.59. The molecule has 1 N–H and O–H groups in total. The molecule has 4 rings (SSSR count). The highest BCUT2D eigenvalue weighted by molar-refractivity contribution is 5.81. The van der Waals surface area contributed by atoms with Crippen molar-refractivity contribution in [1.82, 2.24) is 10.2 Å². The molecule has 1 spiro atoms. The van der Waals surface area contributed by atoms with Crippen molar-refractivity contribution in [3.8, 4) is 0 Å². The first-order chi connectivity index (χ1) is 11.9. The van der Waals surface area contributed by atoms with Gasteiger partial charge in [0.1, 0.15) is 11.2 Å². The van der Waals surface area contributed by atoms with E-state index in [4.69, 9.17) is 9.15 Å². The molecule has 6 heteroatoms. The number of fused-ring (bicyclic) bond motifs is 1. The number of benzene rings is 1. The summed E-state index contributed by atoms with van der Waals surface area (Å²) in [5.74, 6) is 0. The van der Waals surface area contributed by atoms with E-state index >= 15 is 0 Å². The van der Waals surface area contributed by atoms with Crippen molar-refractivity contribution in [2.45, 2.75) is 38.8 Å². The molecule has 1 aromatic carbocycles. The maximum atomic E-state index is 12.0. The van der Waals surface area contributed by atoms with Crippen molar-refractivity contribution >= 4 is 17.1 Å². The number of ether oxygens (including phenoxy) is 1. The zero-order valence-electron chi connectivity index (χ0n) is 14.6. The van der Waals surface area contributed by atoms with Crippen LogP contribution in [-0.2, 0) is 11.3 Å². The number of nitrogens with one attached hydrogen (secondary N) is 1. The van der Waals surface area contributed by atoms with E-state index in [1.807, 2.05) is 13.0 Å². The number of nitrogens with zero attached hydrogens (tertiary/aromatic N) is 1. The molecule has 2 saturated heterocycles. The van der Waals surface area contributed by atoms with Gasteiger partial charge in [-0.1, -0.05) is 0 Å². The smallest absolute Gasteiger partial charge is 0.407 e. The van der Waals surface area contributed by atoms with Crippen LogP contribution in [0.15, 0.2) is 27.4 Å². The molecule has 2 aromatic rings. The van der Waals surface area contributed by atoms with Crippen molar-refractivity contribution < 1.29 is 13.9 Å². The van der Waals surface area contributed by atoms with E-state index < -0.39 is 5.60 Å². The van der Waals surface area contributed by atoms with Gasteiger partial charge in [0.2, 0.25) is 0 Å². The Labute approximate surface area is 145 Å². The lowest BCUT2D eigenvalue weighted by Crippen LogP contribution is -2.50. The van der Waals surface area contributed by atoms with Gasteiger partial charge in [0, 0.05) is 24.5 Å². The first-order valence-corrected chi connectivity index (χ1v) is 8.67. The van der Waals surface area contributed by atoms with Crippen LogP contribution in [0.25, 0.3) is 11.0 Å². The summed E-state index contributed by atoms with van der Waals surface area (Å²) in [6.45, 7) is 6.87. The third kappa shape index (κ3) is 3.02. The topological polar surface area (TPSA) is 71.8 Å². The number of hydrogen-bond donors (Lipinski definition) is 1. The van der Waals surface area contributed by atoms with Crippen molar-refractivity contribution in [3.63, 3.8) is 0 Å². The van der Waals surface area contributed by atoms with Crippen molar-refractivity contribution in [2.24, 2.45) is 0 Å². The molecule has 1 atom stereocenters. The number of piperidine rings is 1. The normalized spacial score (nSPS) is 23.8. The molecule has 0 radical (unpaired) electrons. The Morgan fingerprint density at radius 3 is 2.76 bits per heavy atom. The number of hydrogen-bond acceptors (Lipinski definition) is 5. The zero-order chi connectivity index (χ0) is 17.6. The summed E-state index contributed by atoms with van der Waals surface area (Å²) < 4.78 is 10.9. The molecular formula is C19H22N2O4.